The van der Waals surface area contributed by atoms with Gasteiger partial charge >= 0.3 is 5.97 Å². The fraction of sp³-hybridized carbons (Fsp3) is 0.333. The number of carbonyl (C=O) groups is 2. The average molecular weight is 440 g/mol. The van der Waals surface area contributed by atoms with Gasteiger partial charge in [0.15, 0.2) is 0 Å². The van der Waals surface area contributed by atoms with Gasteiger partial charge in [-0.3, -0.25) is 4.79 Å². The molecule has 0 heterocycles. The Hall–Kier alpha value is -2.45. The van der Waals surface area contributed by atoms with E-state index in [1.165, 1.54) is 23.6 Å². The van der Waals surface area contributed by atoms with E-state index in [0.29, 0.717) is 0 Å². The van der Waals surface area contributed by atoms with Crippen LogP contribution in [0.4, 0.5) is 5.69 Å². The third kappa shape index (κ3) is 6.27. The fourth-order valence-corrected chi connectivity index (χ4v) is 5.46. The molecule has 30 heavy (non-hydrogen) atoms. The highest BCUT2D eigenvalue weighted by Crippen LogP contribution is 2.18. The zero-order chi connectivity index (χ0) is 22.7. The Morgan fingerprint density at radius 1 is 0.833 bits per heavy atom. The van der Waals surface area contributed by atoms with Crippen molar-refractivity contribution < 1.29 is 14.3 Å². The second kappa shape index (κ2) is 9.14. The van der Waals surface area contributed by atoms with Crippen molar-refractivity contribution in [1.29, 1.82) is 0 Å². The van der Waals surface area contributed by atoms with Crippen molar-refractivity contribution in [3.8, 4) is 0 Å². The van der Waals surface area contributed by atoms with Gasteiger partial charge in [-0.1, -0.05) is 80.0 Å². The van der Waals surface area contributed by atoms with Gasteiger partial charge in [0.25, 0.3) is 5.91 Å². The van der Waals surface area contributed by atoms with Gasteiger partial charge in [0.05, 0.1) is 23.3 Å². The first kappa shape index (κ1) is 23.8. The molecule has 2 rings (SSSR count). The molecule has 0 atom stereocenters. The molecule has 0 aliphatic carbocycles. The molecule has 0 fully saturated rings. The topological polar surface area (TPSA) is 55.4 Å². The van der Waals surface area contributed by atoms with E-state index < -0.39 is 16.1 Å². The minimum Gasteiger partial charge on any atom is -0.466 e. The molecule has 0 spiro atoms. The van der Waals surface area contributed by atoms with E-state index in [4.69, 9.17) is 0 Å². The van der Waals surface area contributed by atoms with Crippen LogP contribution < -0.4 is 15.7 Å². The predicted molar refractivity (Wildman–Crippen MR) is 132 cm³/mol. The van der Waals surface area contributed by atoms with Crippen LogP contribution in [0.3, 0.4) is 0 Å². The number of esters is 1. The van der Waals surface area contributed by atoms with Crippen molar-refractivity contribution in [3.63, 3.8) is 0 Å². The maximum atomic E-state index is 13.0. The van der Waals surface area contributed by atoms with Crippen LogP contribution in [-0.4, -0.2) is 35.1 Å². The van der Waals surface area contributed by atoms with Gasteiger partial charge in [-0.05, 0) is 30.2 Å². The minimum absolute atomic E-state index is 0.0934. The molecule has 0 saturated carbocycles. The van der Waals surface area contributed by atoms with Crippen LogP contribution in [0.15, 0.2) is 48.5 Å². The number of anilines is 1. The van der Waals surface area contributed by atoms with Gasteiger partial charge < -0.3 is 10.1 Å². The maximum absolute atomic E-state index is 13.0. The molecule has 2 aromatic carbocycles. The summed E-state index contributed by atoms with van der Waals surface area (Å²) in [5, 5.41) is 5.64. The molecule has 0 bridgehead atoms. The summed E-state index contributed by atoms with van der Waals surface area (Å²) in [7, 11) is -1.75. The molecule has 0 radical (unpaired) electrons. The summed E-state index contributed by atoms with van der Waals surface area (Å²) in [4.78, 5) is 24.4. The zero-order valence-electron chi connectivity index (χ0n) is 19.3. The summed E-state index contributed by atoms with van der Waals surface area (Å²) in [6.45, 7) is 15.7. The first-order valence-corrected chi connectivity index (χ1v) is 17.2. The van der Waals surface area contributed by atoms with Crippen molar-refractivity contribution in [2.24, 2.45) is 0 Å². The summed E-state index contributed by atoms with van der Waals surface area (Å²) >= 11 is 0. The third-order valence-corrected chi connectivity index (χ3v) is 9.10. The van der Waals surface area contributed by atoms with E-state index in [-0.39, 0.29) is 11.9 Å². The van der Waals surface area contributed by atoms with E-state index in [1.807, 2.05) is 31.2 Å². The third-order valence-electron chi connectivity index (χ3n) is 5.06. The fourth-order valence-electron chi connectivity index (χ4n) is 2.96. The summed E-state index contributed by atoms with van der Waals surface area (Å²) < 4.78 is 4.67. The Morgan fingerprint density at radius 2 is 1.33 bits per heavy atom. The second-order valence-electron chi connectivity index (χ2n) is 9.68. The van der Waals surface area contributed by atoms with Gasteiger partial charge in [0.2, 0.25) is 0 Å². The number of allylic oxidation sites excluding steroid dienone is 1. The molecule has 4 nitrogen and oxygen atoms in total. The first-order valence-electron chi connectivity index (χ1n) is 10.2. The number of benzene rings is 2. The van der Waals surface area contributed by atoms with Gasteiger partial charge in [0, 0.05) is 17.3 Å². The Bertz CT molecular complexity index is 933. The standard InChI is InChI=1S/C24H33NO3Si2/c1-17(13-23(26)28-2)18-9-11-20(12-10-18)25-24(27)19-14-21(29(3,4)5)16-22(15-19)30(6,7)8/h9-16H,1-8H3,(H,25,27). The highest BCUT2D eigenvalue weighted by Gasteiger charge is 2.24. The smallest absolute Gasteiger partial charge is 0.330 e. The number of hydrogen-bond acceptors (Lipinski definition) is 3. The average Bonchev–Trinajstić information content (AvgIpc) is 2.66. The maximum Gasteiger partial charge on any atom is 0.330 e. The van der Waals surface area contributed by atoms with Crippen LogP contribution in [0.2, 0.25) is 39.3 Å². The Morgan fingerprint density at radius 3 is 1.77 bits per heavy atom. The molecule has 0 saturated heterocycles. The second-order valence-corrected chi connectivity index (χ2v) is 19.8. The van der Waals surface area contributed by atoms with Gasteiger partial charge in [-0.25, -0.2) is 4.79 Å². The molecule has 0 unspecified atom stereocenters. The molecular formula is C24H33NO3Si2. The van der Waals surface area contributed by atoms with E-state index in [9.17, 15) is 9.59 Å². The molecule has 160 valence electrons. The predicted octanol–water partition coefficient (Wildman–Crippen LogP) is 4.61. The summed E-state index contributed by atoms with van der Waals surface area (Å²) in [6.07, 6.45) is 1.45. The Balaban J connectivity index is 2.29. The number of amides is 1. The van der Waals surface area contributed by atoms with Crippen LogP contribution in [0.1, 0.15) is 22.8 Å². The molecule has 0 aliphatic heterocycles. The van der Waals surface area contributed by atoms with Crippen LogP contribution in [-0.2, 0) is 9.53 Å². The lowest BCUT2D eigenvalue weighted by Crippen LogP contribution is -2.46. The van der Waals surface area contributed by atoms with Crippen LogP contribution in [0.25, 0.3) is 5.57 Å². The summed E-state index contributed by atoms with van der Waals surface area (Å²) in [6, 6.07) is 13.9. The quantitative estimate of drug-likeness (QED) is 0.406. The monoisotopic (exact) mass is 439 g/mol. The molecule has 0 aromatic heterocycles. The highest BCUT2D eigenvalue weighted by atomic mass is 28.3. The van der Waals surface area contributed by atoms with E-state index in [1.54, 1.807) is 0 Å². The van der Waals surface area contributed by atoms with E-state index in [0.717, 1.165) is 22.4 Å². The molecule has 2 aromatic rings. The van der Waals surface area contributed by atoms with Crippen molar-refractivity contribution in [1.82, 2.24) is 0 Å². The Kier molecular flexibility index (Phi) is 7.26. The zero-order valence-corrected chi connectivity index (χ0v) is 21.3. The molecule has 1 N–H and O–H groups in total. The summed E-state index contributed by atoms with van der Waals surface area (Å²) in [5.41, 5.74) is 3.16. The number of hydrogen-bond donors (Lipinski definition) is 1. The largest absolute Gasteiger partial charge is 0.466 e. The lowest BCUT2D eigenvalue weighted by atomic mass is 10.1. The van der Waals surface area contributed by atoms with Gasteiger partial charge in [0.1, 0.15) is 0 Å². The van der Waals surface area contributed by atoms with Crippen molar-refractivity contribution in [3.05, 3.63) is 59.7 Å². The number of nitrogens with one attached hydrogen (secondary N) is 1. The number of methoxy groups -OCH3 is 1. The van der Waals surface area contributed by atoms with Gasteiger partial charge in [-0.15, -0.1) is 0 Å². The minimum atomic E-state index is -1.55. The van der Waals surface area contributed by atoms with Crippen LogP contribution >= 0.6 is 0 Å². The number of carbonyl (C=O) groups excluding carboxylic acids is 2. The van der Waals surface area contributed by atoms with Gasteiger partial charge in [-0.2, -0.15) is 0 Å². The van der Waals surface area contributed by atoms with Crippen molar-refractivity contribution in [2.45, 2.75) is 46.2 Å². The number of rotatable bonds is 6. The van der Waals surface area contributed by atoms with Crippen LogP contribution in [0, 0.1) is 0 Å². The molecular weight excluding hydrogens is 406 g/mol. The molecule has 6 heteroatoms. The highest BCUT2D eigenvalue weighted by molar-refractivity contribution is 6.91. The molecule has 1 amide bonds. The lowest BCUT2D eigenvalue weighted by molar-refractivity contribution is -0.134. The molecule has 0 aliphatic rings. The SMILES string of the molecule is COC(=O)C=C(C)c1ccc(NC(=O)c2cc([Si](C)(C)C)cc([Si](C)(C)C)c2)cc1. The summed E-state index contributed by atoms with van der Waals surface area (Å²) in [5.74, 6) is -0.477. The van der Waals surface area contributed by atoms with Crippen molar-refractivity contribution >= 4 is 49.7 Å². The van der Waals surface area contributed by atoms with E-state index >= 15 is 0 Å². The lowest BCUT2D eigenvalue weighted by Gasteiger charge is -2.24. The number of ether oxygens (including phenoxy) is 1. The van der Waals surface area contributed by atoms with E-state index in [2.05, 4.69) is 67.5 Å². The van der Waals surface area contributed by atoms with Crippen molar-refractivity contribution in [2.75, 3.05) is 12.4 Å². The first-order chi connectivity index (χ1) is 13.8. The van der Waals surface area contributed by atoms with Crippen LogP contribution in [0.5, 0.6) is 0 Å². The normalized spacial score (nSPS) is 12.5. The Labute approximate surface area is 182 Å².